The highest BCUT2D eigenvalue weighted by Gasteiger charge is 2.37. The van der Waals surface area contributed by atoms with Gasteiger partial charge in [-0.25, -0.2) is 0 Å². The van der Waals surface area contributed by atoms with Crippen LogP contribution in [0.1, 0.15) is 29.9 Å². The molecule has 0 N–H and O–H groups in total. The van der Waals surface area contributed by atoms with Crippen molar-refractivity contribution in [1.82, 2.24) is 4.98 Å². The number of allylic oxidation sites excluding steroid dienone is 2. The van der Waals surface area contributed by atoms with Crippen LogP contribution in [-0.4, -0.2) is 4.98 Å². The van der Waals surface area contributed by atoms with Gasteiger partial charge in [0, 0.05) is 23.1 Å². The third-order valence-electron chi connectivity index (χ3n) is 4.85. The van der Waals surface area contributed by atoms with Gasteiger partial charge < -0.3 is 0 Å². The lowest BCUT2D eigenvalue weighted by molar-refractivity contribution is 0.781. The summed E-state index contributed by atoms with van der Waals surface area (Å²) in [6.07, 6.45) is 6.81. The highest BCUT2D eigenvalue weighted by atomic mass is 14.7. The molecule has 1 unspecified atom stereocenters. The molecule has 0 bridgehead atoms. The van der Waals surface area contributed by atoms with Gasteiger partial charge in [0.25, 0.3) is 0 Å². The van der Waals surface area contributed by atoms with Crippen LogP contribution in [0.15, 0.2) is 60.8 Å². The van der Waals surface area contributed by atoms with E-state index >= 15 is 0 Å². The Morgan fingerprint density at radius 3 is 2.81 bits per heavy atom. The van der Waals surface area contributed by atoms with Gasteiger partial charge in [-0.3, -0.25) is 4.98 Å². The average Bonchev–Trinajstić information content (AvgIpc) is 2.96. The van der Waals surface area contributed by atoms with Crippen molar-refractivity contribution in [1.29, 1.82) is 0 Å². The fourth-order valence-electron chi connectivity index (χ4n) is 3.96. The van der Waals surface area contributed by atoms with Gasteiger partial charge >= 0.3 is 0 Å². The number of nitrogens with zero attached hydrogens (tertiary/aromatic N) is 1. The summed E-state index contributed by atoms with van der Waals surface area (Å²) in [5.74, 6) is 0.640. The molecule has 2 aromatic carbocycles. The number of fused-ring (bicyclic) bond motifs is 5. The number of rotatable bonds is 1. The van der Waals surface area contributed by atoms with Gasteiger partial charge in [-0.15, -0.1) is 0 Å². The summed E-state index contributed by atoms with van der Waals surface area (Å²) in [4.78, 5) is 4.69. The highest BCUT2D eigenvalue weighted by molar-refractivity contribution is 6.04. The van der Waals surface area contributed by atoms with Crippen LogP contribution in [0.4, 0.5) is 0 Å². The predicted molar refractivity (Wildman–Crippen MR) is 87.1 cm³/mol. The fourth-order valence-corrected chi connectivity index (χ4v) is 3.96. The zero-order chi connectivity index (χ0) is 13.8. The monoisotopic (exact) mass is 269 g/mol. The molecule has 0 aliphatic heterocycles. The number of hydrogen-bond acceptors (Lipinski definition) is 1. The van der Waals surface area contributed by atoms with Gasteiger partial charge in [0.05, 0.1) is 5.52 Å². The van der Waals surface area contributed by atoms with E-state index < -0.39 is 0 Å². The van der Waals surface area contributed by atoms with Crippen LogP contribution in [0.5, 0.6) is 0 Å². The molecule has 0 fully saturated rings. The highest BCUT2D eigenvalue weighted by Crippen LogP contribution is 2.57. The molecule has 1 aromatic heterocycles. The van der Waals surface area contributed by atoms with Gasteiger partial charge in [0.2, 0.25) is 0 Å². The summed E-state index contributed by atoms with van der Waals surface area (Å²) < 4.78 is 0. The van der Waals surface area contributed by atoms with Gasteiger partial charge in [0.15, 0.2) is 0 Å². The lowest BCUT2D eigenvalue weighted by Gasteiger charge is -2.33. The molecule has 0 saturated heterocycles. The van der Waals surface area contributed by atoms with E-state index in [1.165, 1.54) is 40.5 Å². The molecule has 0 saturated carbocycles. The molecule has 1 heteroatoms. The van der Waals surface area contributed by atoms with Crippen molar-refractivity contribution in [3.05, 3.63) is 71.9 Å². The third-order valence-corrected chi connectivity index (χ3v) is 4.85. The van der Waals surface area contributed by atoms with Crippen LogP contribution >= 0.6 is 0 Å². The molecule has 1 atom stereocenters. The molecule has 21 heavy (non-hydrogen) atoms. The van der Waals surface area contributed by atoms with Crippen LogP contribution < -0.4 is 0 Å². The zero-order valence-electron chi connectivity index (χ0n) is 11.7. The Labute approximate surface area is 124 Å². The Morgan fingerprint density at radius 1 is 1.00 bits per heavy atom. The summed E-state index contributed by atoms with van der Waals surface area (Å²) in [6, 6.07) is 17.3. The average molecular weight is 269 g/mol. The van der Waals surface area contributed by atoms with E-state index in [1.54, 1.807) is 5.57 Å². The van der Waals surface area contributed by atoms with E-state index in [9.17, 15) is 0 Å². The first kappa shape index (κ1) is 11.3. The number of pyridine rings is 1. The zero-order valence-corrected chi connectivity index (χ0v) is 11.7. The Bertz CT molecular complexity index is 890. The summed E-state index contributed by atoms with van der Waals surface area (Å²) >= 11 is 0. The molecule has 0 spiro atoms. The van der Waals surface area contributed by atoms with Crippen molar-refractivity contribution in [3.8, 4) is 11.1 Å². The van der Waals surface area contributed by atoms with Crippen molar-refractivity contribution < 1.29 is 0 Å². The van der Waals surface area contributed by atoms with Crippen LogP contribution in [-0.2, 0) is 0 Å². The smallest absolute Gasteiger partial charge is 0.0783 e. The second kappa shape index (κ2) is 4.05. The van der Waals surface area contributed by atoms with Crippen LogP contribution in [0.2, 0.25) is 0 Å². The van der Waals surface area contributed by atoms with Crippen molar-refractivity contribution in [3.63, 3.8) is 0 Å². The maximum atomic E-state index is 4.69. The van der Waals surface area contributed by atoms with Gasteiger partial charge in [-0.05, 0) is 47.2 Å². The first-order valence-corrected chi connectivity index (χ1v) is 7.61. The van der Waals surface area contributed by atoms with Crippen molar-refractivity contribution in [2.45, 2.75) is 18.8 Å². The molecule has 1 heterocycles. The van der Waals surface area contributed by atoms with E-state index in [-0.39, 0.29) is 0 Å². The Hall–Kier alpha value is -2.41. The number of hydrogen-bond donors (Lipinski definition) is 0. The SMILES string of the molecule is C1=C2c3cc4cccnc4c(-c4ccccc4)c3C2CC1. The largest absolute Gasteiger partial charge is 0.256 e. The summed E-state index contributed by atoms with van der Waals surface area (Å²) in [5.41, 5.74) is 8.34. The molecule has 0 radical (unpaired) electrons. The van der Waals surface area contributed by atoms with Crippen molar-refractivity contribution >= 4 is 16.5 Å². The van der Waals surface area contributed by atoms with Gasteiger partial charge in [-0.2, -0.15) is 0 Å². The van der Waals surface area contributed by atoms with E-state index in [0.717, 1.165) is 5.52 Å². The van der Waals surface area contributed by atoms with Crippen LogP contribution in [0, 0.1) is 0 Å². The Morgan fingerprint density at radius 2 is 1.90 bits per heavy atom. The van der Waals surface area contributed by atoms with E-state index in [1.807, 2.05) is 12.3 Å². The second-order valence-electron chi connectivity index (χ2n) is 5.94. The molecule has 100 valence electrons. The van der Waals surface area contributed by atoms with E-state index in [2.05, 4.69) is 53.5 Å². The first-order valence-electron chi connectivity index (χ1n) is 7.61. The maximum Gasteiger partial charge on any atom is 0.0783 e. The standard InChI is InChI=1S/C20H15N/c1-2-6-13(7-3-1)18-19-16-10-4-9-15(16)17(19)12-14-8-5-11-21-20(14)18/h1-3,5-9,11-12,16H,4,10H2. The fraction of sp³-hybridized carbons (Fsp3) is 0.150. The molecule has 1 nitrogen and oxygen atoms in total. The van der Waals surface area contributed by atoms with Crippen LogP contribution in [0.3, 0.4) is 0 Å². The summed E-state index contributed by atoms with van der Waals surface area (Å²) in [5, 5.41) is 1.25. The Kier molecular flexibility index (Phi) is 2.17. The van der Waals surface area contributed by atoms with Crippen molar-refractivity contribution in [2.75, 3.05) is 0 Å². The molecule has 3 aromatic rings. The first-order chi connectivity index (χ1) is 10.4. The minimum atomic E-state index is 0.640. The van der Waals surface area contributed by atoms with E-state index in [0.29, 0.717) is 5.92 Å². The molecular formula is C20H15N. The molecule has 0 amide bonds. The lowest BCUT2D eigenvalue weighted by Crippen LogP contribution is -2.15. The maximum absolute atomic E-state index is 4.69. The minimum absolute atomic E-state index is 0.640. The normalized spacial score (nSPS) is 18.9. The second-order valence-corrected chi connectivity index (χ2v) is 5.94. The quantitative estimate of drug-likeness (QED) is 0.593. The third kappa shape index (κ3) is 1.43. The van der Waals surface area contributed by atoms with Crippen molar-refractivity contribution in [2.24, 2.45) is 0 Å². The molecule has 5 rings (SSSR count). The van der Waals surface area contributed by atoms with Gasteiger partial charge in [0.1, 0.15) is 0 Å². The van der Waals surface area contributed by atoms with Crippen LogP contribution in [0.25, 0.3) is 27.6 Å². The topological polar surface area (TPSA) is 12.9 Å². The molecular weight excluding hydrogens is 254 g/mol. The lowest BCUT2D eigenvalue weighted by atomic mass is 9.70. The number of aromatic nitrogens is 1. The summed E-state index contributed by atoms with van der Waals surface area (Å²) in [6.45, 7) is 0. The van der Waals surface area contributed by atoms with Gasteiger partial charge in [-0.1, -0.05) is 42.5 Å². The predicted octanol–water partition coefficient (Wildman–Crippen LogP) is 5.18. The van der Waals surface area contributed by atoms with E-state index in [4.69, 9.17) is 0 Å². The number of benzene rings is 2. The molecule has 2 aliphatic rings. The Balaban J connectivity index is 1.92. The minimum Gasteiger partial charge on any atom is -0.256 e. The molecule has 2 aliphatic carbocycles. The summed E-state index contributed by atoms with van der Waals surface area (Å²) in [7, 11) is 0.